The molecular formula is C14H16BrNS. The maximum Gasteiger partial charge on any atom is 0.0327 e. The van der Waals surface area contributed by atoms with Gasteiger partial charge in [0.1, 0.15) is 0 Å². The Balaban J connectivity index is 1.77. The molecule has 0 radical (unpaired) electrons. The summed E-state index contributed by atoms with van der Waals surface area (Å²) < 4.78 is 1.21. The molecule has 1 N–H and O–H groups in total. The highest BCUT2D eigenvalue weighted by atomic mass is 79.9. The molecule has 0 unspecified atom stereocenters. The van der Waals surface area contributed by atoms with Crippen molar-refractivity contribution in [2.24, 2.45) is 0 Å². The van der Waals surface area contributed by atoms with E-state index in [0.717, 1.165) is 19.5 Å². The number of thiophene rings is 1. The monoisotopic (exact) mass is 309 g/mol. The summed E-state index contributed by atoms with van der Waals surface area (Å²) in [6.07, 6.45) is 1.09. The van der Waals surface area contributed by atoms with Crippen LogP contribution in [0.4, 0.5) is 0 Å². The third-order valence-corrected chi connectivity index (χ3v) is 4.67. The molecule has 1 aromatic heterocycles. The standard InChI is InChI=1S/C14H16BrNS/c1-11-4-2-3-5-12(11)6-7-16-8-13-9-17-10-14(13)15/h2-5,9-10,16H,6-8H2,1H3. The maximum absolute atomic E-state index is 3.55. The van der Waals surface area contributed by atoms with Gasteiger partial charge in [0.25, 0.3) is 0 Å². The smallest absolute Gasteiger partial charge is 0.0327 e. The van der Waals surface area contributed by atoms with Crippen molar-refractivity contribution in [1.82, 2.24) is 5.32 Å². The summed E-state index contributed by atoms with van der Waals surface area (Å²) in [5.74, 6) is 0. The molecule has 0 amide bonds. The normalized spacial score (nSPS) is 10.7. The topological polar surface area (TPSA) is 12.0 Å². The summed E-state index contributed by atoms with van der Waals surface area (Å²) in [7, 11) is 0. The van der Waals surface area contributed by atoms with Crippen molar-refractivity contribution < 1.29 is 0 Å². The van der Waals surface area contributed by atoms with Crippen LogP contribution >= 0.6 is 27.3 Å². The van der Waals surface area contributed by atoms with Crippen LogP contribution in [0.3, 0.4) is 0 Å². The Labute approximate surface area is 115 Å². The number of halogens is 1. The van der Waals surface area contributed by atoms with Gasteiger partial charge in [0.05, 0.1) is 0 Å². The van der Waals surface area contributed by atoms with E-state index in [1.807, 2.05) is 0 Å². The van der Waals surface area contributed by atoms with E-state index in [2.05, 4.69) is 63.2 Å². The number of rotatable bonds is 5. The van der Waals surface area contributed by atoms with E-state index in [4.69, 9.17) is 0 Å². The van der Waals surface area contributed by atoms with Crippen molar-refractivity contribution in [2.45, 2.75) is 19.9 Å². The van der Waals surface area contributed by atoms with Gasteiger partial charge >= 0.3 is 0 Å². The summed E-state index contributed by atoms with van der Waals surface area (Å²) in [6.45, 7) is 4.13. The first-order chi connectivity index (χ1) is 8.27. The van der Waals surface area contributed by atoms with Gasteiger partial charge in [0, 0.05) is 16.4 Å². The fraction of sp³-hybridized carbons (Fsp3) is 0.286. The van der Waals surface area contributed by atoms with Gasteiger partial charge in [-0.3, -0.25) is 0 Å². The van der Waals surface area contributed by atoms with Gasteiger partial charge in [-0.1, -0.05) is 24.3 Å². The molecule has 0 aliphatic carbocycles. The quantitative estimate of drug-likeness (QED) is 0.818. The minimum atomic E-state index is 0.940. The number of nitrogens with one attached hydrogen (secondary N) is 1. The largest absolute Gasteiger partial charge is 0.312 e. The lowest BCUT2D eigenvalue weighted by molar-refractivity contribution is 0.685. The van der Waals surface area contributed by atoms with E-state index < -0.39 is 0 Å². The summed E-state index contributed by atoms with van der Waals surface area (Å²) in [5, 5.41) is 7.79. The average Bonchev–Trinajstić information content (AvgIpc) is 2.73. The van der Waals surface area contributed by atoms with Gasteiger partial charge in [0.15, 0.2) is 0 Å². The van der Waals surface area contributed by atoms with Gasteiger partial charge in [0.2, 0.25) is 0 Å². The Bertz CT molecular complexity index is 479. The lowest BCUT2D eigenvalue weighted by atomic mass is 10.1. The van der Waals surface area contributed by atoms with Crippen LogP contribution in [0.2, 0.25) is 0 Å². The Kier molecular flexibility index (Phi) is 4.77. The average molecular weight is 310 g/mol. The van der Waals surface area contributed by atoms with Crippen LogP contribution in [0.1, 0.15) is 16.7 Å². The number of hydrogen-bond acceptors (Lipinski definition) is 2. The van der Waals surface area contributed by atoms with Gasteiger partial charge in [-0.05, 0) is 57.9 Å². The summed E-state index contributed by atoms with van der Waals surface area (Å²) in [4.78, 5) is 0. The highest BCUT2D eigenvalue weighted by molar-refractivity contribution is 9.10. The van der Waals surface area contributed by atoms with Crippen molar-refractivity contribution in [1.29, 1.82) is 0 Å². The Morgan fingerprint density at radius 3 is 2.71 bits per heavy atom. The van der Waals surface area contributed by atoms with Crippen LogP contribution in [-0.2, 0) is 13.0 Å². The Morgan fingerprint density at radius 1 is 1.18 bits per heavy atom. The van der Waals surface area contributed by atoms with Crippen LogP contribution in [0.25, 0.3) is 0 Å². The molecule has 0 aliphatic heterocycles. The molecule has 2 aromatic rings. The SMILES string of the molecule is Cc1ccccc1CCNCc1cscc1Br. The van der Waals surface area contributed by atoms with Crippen LogP contribution in [0.15, 0.2) is 39.5 Å². The van der Waals surface area contributed by atoms with Crippen molar-refractivity contribution >= 4 is 27.3 Å². The van der Waals surface area contributed by atoms with Gasteiger partial charge < -0.3 is 5.32 Å². The van der Waals surface area contributed by atoms with Crippen molar-refractivity contribution in [3.05, 3.63) is 56.2 Å². The van der Waals surface area contributed by atoms with Crippen LogP contribution < -0.4 is 5.32 Å². The van der Waals surface area contributed by atoms with Gasteiger partial charge in [-0.2, -0.15) is 11.3 Å². The number of hydrogen-bond donors (Lipinski definition) is 1. The minimum absolute atomic E-state index is 0.940. The molecule has 0 atom stereocenters. The first kappa shape index (κ1) is 12.8. The molecule has 1 heterocycles. The number of benzene rings is 1. The molecule has 1 nitrogen and oxygen atoms in total. The summed E-state index contributed by atoms with van der Waals surface area (Å²) in [6, 6.07) is 8.58. The van der Waals surface area contributed by atoms with Crippen LogP contribution in [0, 0.1) is 6.92 Å². The van der Waals surface area contributed by atoms with E-state index in [1.54, 1.807) is 11.3 Å². The van der Waals surface area contributed by atoms with Crippen molar-refractivity contribution in [3.8, 4) is 0 Å². The highest BCUT2D eigenvalue weighted by Gasteiger charge is 2.00. The molecule has 0 aliphatic rings. The molecule has 0 fully saturated rings. The molecule has 17 heavy (non-hydrogen) atoms. The zero-order chi connectivity index (χ0) is 12.1. The predicted octanol–water partition coefficient (Wildman–Crippen LogP) is 4.15. The lowest BCUT2D eigenvalue weighted by Crippen LogP contribution is -2.16. The fourth-order valence-electron chi connectivity index (χ4n) is 1.77. The van der Waals surface area contributed by atoms with Gasteiger partial charge in [-0.25, -0.2) is 0 Å². The van der Waals surface area contributed by atoms with E-state index >= 15 is 0 Å². The maximum atomic E-state index is 3.55. The van der Waals surface area contributed by atoms with Gasteiger partial charge in [-0.15, -0.1) is 0 Å². The van der Waals surface area contributed by atoms with Crippen LogP contribution in [0.5, 0.6) is 0 Å². The molecule has 1 aromatic carbocycles. The summed E-state index contributed by atoms with van der Waals surface area (Å²) >= 11 is 5.28. The zero-order valence-corrected chi connectivity index (χ0v) is 12.3. The van der Waals surface area contributed by atoms with E-state index in [-0.39, 0.29) is 0 Å². The molecule has 2 rings (SSSR count). The molecule has 3 heteroatoms. The predicted molar refractivity (Wildman–Crippen MR) is 78.6 cm³/mol. The number of aryl methyl sites for hydroxylation is 1. The minimum Gasteiger partial charge on any atom is -0.312 e. The molecule has 0 bridgehead atoms. The molecule has 0 saturated heterocycles. The van der Waals surface area contributed by atoms with E-state index in [1.165, 1.54) is 21.2 Å². The Hall–Kier alpha value is -0.640. The molecule has 0 saturated carbocycles. The molecule has 0 spiro atoms. The van der Waals surface area contributed by atoms with Crippen molar-refractivity contribution in [3.63, 3.8) is 0 Å². The molecule has 90 valence electrons. The highest BCUT2D eigenvalue weighted by Crippen LogP contribution is 2.20. The molecular weight excluding hydrogens is 294 g/mol. The lowest BCUT2D eigenvalue weighted by Gasteiger charge is -2.06. The van der Waals surface area contributed by atoms with Crippen molar-refractivity contribution in [2.75, 3.05) is 6.54 Å². The second-order valence-electron chi connectivity index (χ2n) is 4.10. The first-order valence-corrected chi connectivity index (χ1v) is 7.47. The zero-order valence-electron chi connectivity index (χ0n) is 9.87. The third kappa shape index (κ3) is 3.66. The summed E-state index contributed by atoms with van der Waals surface area (Å²) in [5.41, 5.74) is 4.16. The second-order valence-corrected chi connectivity index (χ2v) is 5.70. The Morgan fingerprint density at radius 2 is 2.00 bits per heavy atom. The van der Waals surface area contributed by atoms with E-state index in [0.29, 0.717) is 0 Å². The second kappa shape index (κ2) is 6.34. The first-order valence-electron chi connectivity index (χ1n) is 5.73. The third-order valence-electron chi connectivity index (χ3n) is 2.84. The van der Waals surface area contributed by atoms with Crippen LogP contribution in [-0.4, -0.2) is 6.54 Å². The fourth-order valence-corrected chi connectivity index (χ4v) is 3.21. The van der Waals surface area contributed by atoms with E-state index in [9.17, 15) is 0 Å².